The number of nitrogens with zero attached hydrogens (tertiary/aromatic N) is 4. The van der Waals surface area contributed by atoms with Crippen LogP contribution in [0.15, 0.2) is 18.3 Å². The van der Waals surface area contributed by atoms with E-state index in [0.29, 0.717) is 11.1 Å². The van der Waals surface area contributed by atoms with Gasteiger partial charge in [0.15, 0.2) is 11.5 Å². The molecule has 0 aromatic carbocycles. The largest absolute Gasteiger partial charge is 0.300 e. The second kappa shape index (κ2) is 5.47. The average molecular weight is 279 g/mol. The normalized spacial score (nSPS) is 21.1. The predicted molar refractivity (Wildman–Crippen MR) is 76.6 cm³/mol. The molecule has 0 radical (unpaired) electrons. The third-order valence-corrected chi connectivity index (χ3v) is 4.14. The zero-order chi connectivity index (χ0) is 13.2. The fraction of sp³-hybridized carbons (Fsp3) is 0.571. The molecule has 1 fully saturated rings. The Hall–Kier alpha value is -1.13. The second-order valence-corrected chi connectivity index (χ2v) is 5.60. The lowest BCUT2D eigenvalue weighted by Crippen LogP contribution is -2.40. The van der Waals surface area contributed by atoms with Gasteiger partial charge in [-0.1, -0.05) is 24.9 Å². The van der Waals surface area contributed by atoms with E-state index in [1.165, 1.54) is 25.8 Å². The fourth-order valence-electron chi connectivity index (χ4n) is 2.91. The molecule has 1 aliphatic rings. The summed E-state index contributed by atoms with van der Waals surface area (Å²) in [5.41, 5.74) is 0.873. The SMILES string of the molecule is CCN1CCCCC1Cc1nc2ccc(Cl)cn2n1. The van der Waals surface area contributed by atoms with Crippen molar-refractivity contribution < 1.29 is 0 Å². The van der Waals surface area contributed by atoms with Crippen LogP contribution in [0.2, 0.25) is 5.02 Å². The number of halogens is 1. The number of pyridine rings is 1. The molecule has 3 heterocycles. The molecular formula is C14H19ClN4. The van der Waals surface area contributed by atoms with E-state index in [1.807, 2.05) is 18.3 Å². The van der Waals surface area contributed by atoms with E-state index in [-0.39, 0.29) is 0 Å². The maximum absolute atomic E-state index is 5.97. The fourth-order valence-corrected chi connectivity index (χ4v) is 3.06. The molecule has 2 aromatic rings. The number of hydrogen-bond acceptors (Lipinski definition) is 3. The zero-order valence-electron chi connectivity index (χ0n) is 11.2. The molecule has 1 atom stereocenters. The molecule has 19 heavy (non-hydrogen) atoms. The first-order valence-electron chi connectivity index (χ1n) is 7.01. The van der Waals surface area contributed by atoms with Crippen LogP contribution >= 0.6 is 11.6 Å². The molecule has 0 saturated carbocycles. The van der Waals surface area contributed by atoms with Crippen LogP contribution in [0.5, 0.6) is 0 Å². The van der Waals surface area contributed by atoms with E-state index in [9.17, 15) is 0 Å². The summed E-state index contributed by atoms with van der Waals surface area (Å²) in [7, 11) is 0. The van der Waals surface area contributed by atoms with Gasteiger partial charge in [0.05, 0.1) is 5.02 Å². The van der Waals surface area contributed by atoms with Crippen LogP contribution in [0.4, 0.5) is 0 Å². The lowest BCUT2D eigenvalue weighted by Gasteiger charge is -2.34. The van der Waals surface area contributed by atoms with Gasteiger partial charge in [0.25, 0.3) is 0 Å². The van der Waals surface area contributed by atoms with Gasteiger partial charge in [-0.05, 0) is 38.1 Å². The number of piperidine rings is 1. The highest BCUT2D eigenvalue weighted by Crippen LogP contribution is 2.19. The van der Waals surface area contributed by atoms with Crippen LogP contribution < -0.4 is 0 Å². The summed E-state index contributed by atoms with van der Waals surface area (Å²) in [5.74, 6) is 0.924. The van der Waals surface area contributed by atoms with Crippen molar-refractivity contribution in [3.8, 4) is 0 Å². The average Bonchev–Trinajstić information content (AvgIpc) is 2.80. The molecule has 1 unspecified atom stereocenters. The summed E-state index contributed by atoms with van der Waals surface area (Å²) in [6.45, 7) is 4.55. The van der Waals surface area contributed by atoms with E-state index >= 15 is 0 Å². The molecule has 3 rings (SSSR count). The molecule has 0 N–H and O–H groups in total. The summed E-state index contributed by atoms with van der Waals surface area (Å²) in [6, 6.07) is 4.36. The van der Waals surface area contributed by atoms with Crippen LogP contribution in [0, 0.1) is 0 Å². The Kier molecular flexibility index (Phi) is 3.71. The molecule has 5 heteroatoms. The van der Waals surface area contributed by atoms with Crippen molar-refractivity contribution in [2.45, 2.75) is 38.6 Å². The molecule has 1 aliphatic heterocycles. The maximum Gasteiger partial charge on any atom is 0.155 e. The van der Waals surface area contributed by atoms with Gasteiger partial charge in [-0.2, -0.15) is 5.10 Å². The van der Waals surface area contributed by atoms with Crippen LogP contribution in [0.1, 0.15) is 32.0 Å². The van der Waals surface area contributed by atoms with Crippen molar-refractivity contribution in [2.24, 2.45) is 0 Å². The van der Waals surface area contributed by atoms with Crippen molar-refractivity contribution in [1.82, 2.24) is 19.5 Å². The first-order valence-corrected chi connectivity index (χ1v) is 7.39. The summed E-state index contributed by atoms with van der Waals surface area (Å²) < 4.78 is 1.77. The van der Waals surface area contributed by atoms with Crippen LogP contribution in [-0.2, 0) is 6.42 Å². The molecule has 1 saturated heterocycles. The van der Waals surface area contributed by atoms with Gasteiger partial charge in [0.1, 0.15) is 0 Å². The number of aromatic nitrogens is 3. The third-order valence-electron chi connectivity index (χ3n) is 3.91. The monoisotopic (exact) mass is 278 g/mol. The number of fused-ring (bicyclic) bond motifs is 1. The van der Waals surface area contributed by atoms with Crippen molar-refractivity contribution in [2.75, 3.05) is 13.1 Å². The summed E-state index contributed by atoms with van der Waals surface area (Å²) >= 11 is 5.97. The van der Waals surface area contributed by atoms with Crippen molar-refractivity contribution in [3.63, 3.8) is 0 Å². The van der Waals surface area contributed by atoms with Crippen molar-refractivity contribution in [1.29, 1.82) is 0 Å². The lowest BCUT2D eigenvalue weighted by molar-refractivity contribution is 0.154. The Morgan fingerprint density at radius 2 is 2.26 bits per heavy atom. The van der Waals surface area contributed by atoms with Gasteiger partial charge in [0.2, 0.25) is 0 Å². The third kappa shape index (κ3) is 2.74. The Morgan fingerprint density at radius 3 is 3.11 bits per heavy atom. The van der Waals surface area contributed by atoms with Gasteiger partial charge in [-0.3, -0.25) is 0 Å². The van der Waals surface area contributed by atoms with E-state index in [2.05, 4.69) is 21.9 Å². The zero-order valence-corrected chi connectivity index (χ0v) is 12.0. The standard InChI is InChI=1S/C14H19ClN4/c1-2-18-8-4-3-5-12(18)9-13-16-14-7-6-11(15)10-19(14)17-13/h6-7,10,12H,2-5,8-9H2,1H3. The van der Waals surface area contributed by atoms with E-state index < -0.39 is 0 Å². The van der Waals surface area contributed by atoms with Gasteiger partial charge in [0, 0.05) is 18.7 Å². The van der Waals surface area contributed by atoms with Crippen molar-refractivity contribution >= 4 is 17.2 Å². The molecule has 0 spiro atoms. The van der Waals surface area contributed by atoms with Gasteiger partial charge < -0.3 is 4.90 Å². The number of likely N-dealkylation sites (N-methyl/N-ethyl adjacent to an activating group) is 1. The second-order valence-electron chi connectivity index (χ2n) is 5.16. The smallest absolute Gasteiger partial charge is 0.155 e. The number of hydrogen-bond donors (Lipinski definition) is 0. The molecule has 4 nitrogen and oxygen atoms in total. The Bertz CT molecular complexity index is 566. The Morgan fingerprint density at radius 1 is 1.37 bits per heavy atom. The van der Waals surface area contributed by atoms with Crippen LogP contribution in [0.25, 0.3) is 5.65 Å². The first kappa shape index (κ1) is 12.9. The highest BCUT2D eigenvalue weighted by atomic mass is 35.5. The van der Waals surface area contributed by atoms with Gasteiger partial charge >= 0.3 is 0 Å². The molecule has 2 aromatic heterocycles. The van der Waals surface area contributed by atoms with Crippen LogP contribution in [-0.4, -0.2) is 38.6 Å². The summed E-state index contributed by atoms with van der Waals surface area (Å²) in [5, 5.41) is 5.22. The maximum atomic E-state index is 5.97. The minimum Gasteiger partial charge on any atom is -0.300 e. The molecule has 102 valence electrons. The van der Waals surface area contributed by atoms with Crippen molar-refractivity contribution in [3.05, 3.63) is 29.2 Å². The van der Waals surface area contributed by atoms with Crippen LogP contribution in [0.3, 0.4) is 0 Å². The topological polar surface area (TPSA) is 33.4 Å². The summed E-state index contributed by atoms with van der Waals surface area (Å²) in [6.07, 6.45) is 6.64. The van der Waals surface area contributed by atoms with Gasteiger partial charge in [-0.25, -0.2) is 9.50 Å². The minimum atomic E-state index is 0.589. The quantitative estimate of drug-likeness (QED) is 0.866. The number of likely N-dealkylation sites (tertiary alicyclic amines) is 1. The molecule has 0 aliphatic carbocycles. The van der Waals surface area contributed by atoms with E-state index in [1.54, 1.807) is 4.52 Å². The highest BCUT2D eigenvalue weighted by Gasteiger charge is 2.22. The molecule has 0 bridgehead atoms. The number of rotatable bonds is 3. The van der Waals surface area contributed by atoms with E-state index in [0.717, 1.165) is 24.4 Å². The molecular weight excluding hydrogens is 260 g/mol. The minimum absolute atomic E-state index is 0.589. The predicted octanol–water partition coefficient (Wildman–Crippen LogP) is 2.80. The lowest BCUT2D eigenvalue weighted by atomic mass is 9.99. The molecule has 0 amide bonds. The van der Waals surface area contributed by atoms with E-state index in [4.69, 9.17) is 11.6 Å². The Balaban J connectivity index is 1.80. The Labute approximate surface area is 118 Å². The summed E-state index contributed by atoms with van der Waals surface area (Å²) in [4.78, 5) is 7.13. The highest BCUT2D eigenvalue weighted by molar-refractivity contribution is 6.30. The van der Waals surface area contributed by atoms with Gasteiger partial charge in [-0.15, -0.1) is 0 Å². The first-order chi connectivity index (χ1) is 9.26.